The van der Waals surface area contributed by atoms with Crippen LogP contribution in [0.1, 0.15) is 13.8 Å². The Kier molecular flexibility index (Phi) is 5.59. The van der Waals surface area contributed by atoms with Gasteiger partial charge in [0.1, 0.15) is 11.0 Å². The Balaban J connectivity index is 4.60. The first-order valence-corrected chi connectivity index (χ1v) is 6.44. The molecule has 0 rings (SSSR count). The van der Waals surface area contributed by atoms with Crippen LogP contribution in [0.3, 0.4) is 0 Å². The standard InChI is InChI=1S/C8H14N2O6S/c1-3-9-8(14)10-7(13)5(2)17(15,16)4-6(11)12/h5H,3-4H2,1-2H3,(H,11,12)(H2,9,10,13,14). The molecule has 0 spiro atoms. The summed E-state index contributed by atoms with van der Waals surface area (Å²) in [6.07, 6.45) is 0. The second-order valence-corrected chi connectivity index (χ2v) is 5.51. The summed E-state index contributed by atoms with van der Waals surface area (Å²) in [7, 11) is -4.11. The summed E-state index contributed by atoms with van der Waals surface area (Å²) in [5, 5.41) is 10.8. The van der Waals surface area contributed by atoms with Crippen molar-refractivity contribution < 1.29 is 27.9 Å². The van der Waals surface area contributed by atoms with E-state index in [-0.39, 0.29) is 6.54 Å². The summed E-state index contributed by atoms with van der Waals surface area (Å²) in [6.45, 7) is 2.91. The summed E-state index contributed by atoms with van der Waals surface area (Å²) in [6, 6.07) is -0.824. The van der Waals surface area contributed by atoms with E-state index in [1.165, 1.54) is 0 Å². The van der Waals surface area contributed by atoms with Crippen LogP contribution in [0.15, 0.2) is 0 Å². The van der Waals surface area contributed by atoms with Crippen LogP contribution in [-0.4, -0.2) is 49.0 Å². The highest BCUT2D eigenvalue weighted by atomic mass is 32.2. The summed E-state index contributed by atoms with van der Waals surface area (Å²) in [5.74, 6) is -3.77. The molecule has 0 saturated heterocycles. The smallest absolute Gasteiger partial charge is 0.321 e. The van der Waals surface area contributed by atoms with Gasteiger partial charge in [-0.25, -0.2) is 13.2 Å². The van der Waals surface area contributed by atoms with Crippen LogP contribution in [0.4, 0.5) is 4.79 Å². The number of hydrogen-bond donors (Lipinski definition) is 3. The Labute approximate surface area is 98.3 Å². The number of sulfone groups is 1. The molecule has 1 atom stereocenters. The molecule has 17 heavy (non-hydrogen) atoms. The average molecular weight is 266 g/mol. The van der Waals surface area contributed by atoms with Crippen LogP contribution in [0, 0.1) is 0 Å². The fourth-order valence-electron chi connectivity index (χ4n) is 0.878. The predicted molar refractivity (Wildman–Crippen MR) is 58.1 cm³/mol. The van der Waals surface area contributed by atoms with E-state index < -0.39 is 38.7 Å². The van der Waals surface area contributed by atoms with Crippen LogP contribution in [0.2, 0.25) is 0 Å². The Morgan fingerprint density at radius 3 is 2.24 bits per heavy atom. The molecule has 0 heterocycles. The molecule has 98 valence electrons. The highest BCUT2D eigenvalue weighted by molar-refractivity contribution is 7.93. The number of amides is 3. The maximum Gasteiger partial charge on any atom is 0.321 e. The molecule has 8 nitrogen and oxygen atoms in total. The van der Waals surface area contributed by atoms with Gasteiger partial charge in [0.25, 0.3) is 0 Å². The highest BCUT2D eigenvalue weighted by Gasteiger charge is 2.30. The molecule has 3 amide bonds. The number of imide groups is 1. The van der Waals surface area contributed by atoms with Crippen molar-refractivity contribution in [3.8, 4) is 0 Å². The van der Waals surface area contributed by atoms with Gasteiger partial charge < -0.3 is 10.4 Å². The minimum Gasteiger partial charge on any atom is -0.480 e. The van der Waals surface area contributed by atoms with E-state index in [1.807, 2.05) is 0 Å². The zero-order valence-electron chi connectivity index (χ0n) is 9.39. The van der Waals surface area contributed by atoms with Crippen molar-refractivity contribution >= 4 is 27.7 Å². The molecule has 9 heteroatoms. The van der Waals surface area contributed by atoms with Crippen molar-refractivity contribution in [1.29, 1.82) is 0 Å². The predicted octanol–water partition coefficient (Wildman–Crippen LogP) is -1.28. The molecule has 1 unspecified atom stereocenters. The van der Waals surface area contributed by atoms with E-state index in [0.29, 0.717) is 0 Å². The second kappa shape index (κ2) is 6.18. The molecule has 0 aliphatic heterocycles. The van der Waals surface area contributed by atoms with E-state index in [4.69, 9.17) is 5.11 Å². The van der Waals surface area contributed by atoms with E-state index >= 15 is 0 Å². The highest BCUT2D eigenvalue weighted by Crippen LogP contribution is 2.02. The molecular formula is C8H14N2O6S. The fraction of sp³-hybridized carbons (Fsp3) is 0.625. The fourth-order valence-corrected chi connectivity index (χ4v) is 1.86. The number of aliphatic carboxylic acids is 1. The molecular weight excluding hydrogens is 252 g/mol. The van der Waals surface area contributed by atoms with Gasteiger partial charge in [-0.15, -0.1) is 0 Å². The van der Waals surface area contributed by atoms with Gasteiger partial charge in [0, 0.05) is 6.54 Å². The second-order valence-electron chi connectivity index (χ2n) is 3.19. The Bertz CT molecular complexity index is 416. The summed E-state index contributed by atoms with van der Waals surface area (Å²) >= 11 is 0. The molecule has 3 N–H and O–H groups in total. The zero-order valence-corrected chi connectivity index (χ0v) is 10.2. The largest absolute Gasteiger partial charge is 0.480 e. The van der Waals surface area contributed by atoms with Crippen molar-refractivity contribution in [2.75, 3.05) is 12.3 Å². The number of carboxylic acids is 1. The van der Waals surface area contributed by atoms with Gasteiger partial charge in [0.2, 0.25) is 5.91 Å². The monoisotopic (exact) mass is 266 g/mol. The van der Waals surface area contributed by atoms with E-state index in [2.05, 4.69) is 5.32 Å². The van der Waals surface area contributed by atoms with E-state index in [9.17, 15) is 22.8 Å². The van der Waals surface area contributed by atoms with Crippen LogP contribution >= 0.6 is 0 Å². The van der Waals surface area contributed by atoms with E-state index in [0.717, 1.165) is 6.92 Å². The van der Waals surface area contributed by atoms with Crippen molar-refractivity contribution in [3.05, 3.63) is 0 Å². The van der Waals surface area contributed by atoms with Gasteiger partial charge in [-0.05, 0) is 13.8 Å². The van der Waals surface area contributed by atoms with Crippen LogP contribution in [-0.2, 0) is 19.4 Å². The minimum atomic E-state index is -4.11. The summed E-state index contributed by atoms with van der Waals surface area (Å²) in [5.41, 5.74) is 0. The molecule has 0 aromatic rings. The molecule has 0 aromatic carbocycles. The minimum absolute atomic E-state index is 0.273. The molecule has 0 saturated carbocycles. The first kappa shape index (κ1) is 15.4. The lowest BCUT2D eigenvalue weighted by Gasteiger charge is -2.11. The third-order valence-electron chi connectivity index (χ3n) is 1.81. The van der Waals surface area contributed by atoms with Gasteiger partial charge in [-0.3, -0.25) is 14.9 Å². The number of hydrogen-bond acceptors (Lipinski definition) is 5. The molecule has 0 aliphatic carbocycles. The van der Waals surface area contributed by atoms with Gasteiger partial charge in [0.05, 0.1) is 0 Å². The topological polar surface area (TPSA) is 130 Å². The first-order valence-electron chi connectivity index (χ1n) is 4.72. The maximum atomic E-state index is 11.3. The van der Waals surface area contributed by atoms with Crippen LogP contribution in [0.25, 0.3) is 0 Å². The maximum absolute atomic E-state index is 11.3. The van der Waals surface area contributed by atoms with Gasteiger partial charge >= 0.3 is 12.0 Å². The van der Waals surface area contributed by atoms with Gasteiger partial charge in [-0.1, -0.05) is 0 Å². The number of carbonyl (C=O) groups is 3. The van der Waals surface area contributed by atoms with E-state index in [1.54, 1.807) is 12.2 Å². The lowest BCUT2D eigenvalue weighted by molar-refractivity contribution is -0.134. The van der Waals surface area contributed by atoms with Crippen molar-refractivity contribution in [1.82, 2.24) is 10.6 Å². The molecule has 0 fully saturated rings. The first-order chi connectivity index (χ1) is 7.70. The summed E-state index contributed by atoms with van der Waals surface area (Å²) in [4.78, 5) is 32.5. The Morgan fingerprint density at radius 1 is 1.29 bits per heavy atom. The average Bonchev–Trinajstić information content (AvgIpc) is 2.14. The Morgan fingerprint density at radius 2 is 1.82 bits per heavy atom. The molecule has 0 aliphatic rings. The lowest BCUT2D eigenvalue weighted by atomic mass is 10.4. The van der Waals surface area contributed by atoms with Gasteiger partial charge in [0.15, 0.2) is 9.84 Å². The van der Waals surface area contributed by atoms with Gasteiger partial charge in [-0.2, -0.15) is 0 Å². The SMILES string of the molecule is CCNC(=O)NC(=O)C(C)S(=O)(=O)CC(=O)O. The molecule has 0 bridgehead atoms. The quantitative estimate of drug-likeness (QED) is 0.568. The van der Waals surface area contributed by atoms with Crippen molar-refractivity contribution in [2.24, 2.45) is 0 Å². The number of carboxylic acid groups (broad SMARTS) is 1. The number of nitrogens with one attached hydrogen (secondary N) is 2. The number of carbonyl (C=O) groups excluding carboxylic acids is 2. The number of rotatable bonds is 5. The van der Waals surface area contributed by atoms with Crippen molar-refractivity contribution in [3.63, 3.8) is 0 Å². The lowest BCUT2D eigenvalue weighted by Crippen LogP contribution is -2.46. The van der Waals surface area contributed by atoms with Crippen LogP contribution < -0.4 is 10.6 Å². The number of urea groups is 1. The van der Waals surface area contributed by atoms with Crippen molar-refractivity contribution in [2.45, 2.75) is 19.1 Å². The zero-order chi connectivity index (χ0) is 13.6. The molecule has 0 aromatic heterocycles. The molecule has 0 radical (unpaired) electrons. The van der Waals surface area contributed by atoms with Crippen LogP contribution in [0.5, 0.6) is 0 Å². The Hall–Kier alpha value is -1.64. The normalized spacial score (nSPS) is 12.6. The third kappa shape index (κ3) is 5.29. The third-order valence-corrected chi connectivity index (χ3v) is 3.75. The summed E-state index contributed by atoms with van der Waals surface area (Å²) < 4.78 is 22.7.